The molecule has 1 atom stereocenters. The van der Waals surface area contributed by atoms with Crippen LogP contribution in [0.4, 0.5) is 4.79 Å². The number of hydrogen-bond acceptors (Lipinski definition) is 5. The van der Waals surface area contributed by atoms with Crippen molar-refractivity contribution in [3.05, 3.63) is 41.6 Å². The molecule has 0 saturated heterocycles. The van der Waals surface area contributed by atoms with Crippen molar-refractivity contribution in [2.75, 3.05) is 34.4 Å². The number of nitrogens with one attached hydrogen (secondary N) is 2. The number of hydrogen-bond donors (Lipinski definition) is 2. The Kier molecular flexibility index (Phi) is 4.75. The third-order valence-corrected chi connectivity index (χ3v) is 4.39. The summed E-state index contributed by atoms with van der Waals surface area (Å²) in [7, 11) is 4.54. The first kappa shape index (κ1) is 17.7. The van der Waals surface area contributed by atoms with Gasteiger partial charge in [-0.3, -0.25) is 4.79 Å². The van der Waals surface area contributed by atoms with Gasteiger partial charge in [0.2, 0.25) is 5.75 Å². The molecule has 26 heavy (non-hydrogen) atoms. The maximum Gasteiger partial charge on any atom is 0.319 e. The fourth-order valence-corrected chi connectivity index (χ4v) is 3.25. The maximum absolute atomic E-state index is 12.8. The quantitative estimate of drug-likeness (QED) is 0.749. The van der Waals surface area contributed by atoms with Crippen LogP contribution in [-0.2, 0) is 4.79 Å². The Morgan fingerprint density at radius 3 is 2.38 bits per heavy atom. The van der Waals surface area contributed by atoms with Crippen molar-refractivity contribution in [2.24, 2.45) is 0 Å². The minimum absolute atomic E-state index is 0.147. The number of rotatable bonds is 6. The molecule has 0 aromatic heterocycles. The first-order valence-electron chi connectivity index (χ1n) is 8.04. The molecule has 0 fully saturated rings. The summed E-state index contributed by atoms with van der Waals surface area (Å²) in [5, 5.41) is 5.53. The number of carbonyl (C=O) groups excluding carboxylic acids is 2. The average Bonchev–Trinajstić information content (AvgIpc) is 2.95. The van der Waals surface area contributed by atoms with Gasteiger partial charge in [0.05, 0.1) is 45.2 Å². The first-order chi connectivity index (χ1) is 12.5. The van der Waals surface area contributed by atoms with Gasteiger partial charge in [-0.2, -0.15) is 0 Å². The molecule has 2 heterocycles. The normalized spacial score (nSPS) is 18.9. The number of urea groups is 1. The lowest BCUT2D eigenvalue weighted by Crippen LogP contribution is -2.44. The predicted octanol–water partition coefficient (Wildman–Crippen LogP) is 1.35. The van der Waals surface area contributed by atoms with E-state index >= 15 is 0 Å². The molecule has 3 amide bonds. The van der Waals surface area contributed by atoms with Crippen LogP contribution in [0.1, 0.15) is 11.6 Å². The van der Waals surface area contributed by atoms with Gasteiger partial charge in [0.25, 0.3) is 5.91 Å². The summed E-state index contributed by atoms with van der Waals surface area (Å²) in [5.41, 5.74) is 1.76. The predicted molar refractivity (Wildman–Crippen MR) is 94.3 cm³/mol. The van der Waals surface area contributed by atoms with Crippen LogP contribution in [0.2, 0.25) is 0 Å². The maximum atomic E-state index is 12.8. The molecule has 0 unspecified atom stereocenters. The van der Waals surface area contributed by atoms with E-state index in [1.807, 2.05) is 0 Å². The molecule has 0 bridgehead atoms. The van der Waals surface area contributed by atoms with Crippen LogP contribution in [0.15, 0.2) is 36.1 Å². The Hall–Kier alpha value is -3.16. The first-order valence-corrected chi connectivity index (χ1v) is 8.04. The van der Waals surface area contributed by atoms with E-state index in [4.69, 9.17) is 14.2 Å². The van der Waals surface area contributed by atoms with Crippen molar-refractivity contribution >= 4 is 11.9 Å². The Labute approximate surface area is 151 Å². The molecule has 2 aliphatic heterocycles. The van der Waals surface area contributed by atoms with E-state index in [1.54, 1.807) is 23.1 Å². The van der Waals surface area contributed by atoms with Gasteiger partial charge in [-0.1, -0.05) is 6.08 Å². The molecule has 2 N–H and O–H groups in total. The molecule has 138 valence electrons. The van der Waals surface area contributed by atoms with Gasteiger partial charge in [0, 0.05) is 6.54 Å². The summed E-state index contributed by atoms with van der Waals surface area (Å²) in [5.74, 6) is 1.20. The lowest BCUT2D eigenvalue weighted by Gasteiger charge is -2.26. The SMILES string of the molecule is C=CCN1CC2=C(C1=O)[C@@H](c1cc(OC)c(OC)c(OC)c1)NC(=O)N2. The zero-order valence-corrected chi connectivity index (χ0v) is 14.9. The van der Waals surface area contributed by atoms with Crippen molar-refractivity contribution < 1.29 is 23.8 Å². The standard InChI is InChI=1S/C18H21N3O5/c1-5-6-21-9-11-14(17(21)22)15(20-18(23)19-11)10-7-12(24-2)16(26-4)13(8-10)25-3/h5,7-8,15H,1,6,9H2,2-4H3,(H2,19,20,23)/t15-/m1/s1. The van der Waals surface area contributed by atoms with Crippen molar-refractivity contribution in [2.45, 2.75) is 6.04 Å². The van der Waals surface area contributed by atoms with Gasteiger partial charge in [-0.25, -0.2) is 4.79 Å². The van der Waals surface area contributed by atoms with Gasteiger partial charge < -0.3 is 29.7 Å². The minimum atomic E-state index is -0.616. The van der Waals surface area contributed by atoms with E-state index in [0.29, 0.717) is 47.2 Å². The van der Waals surface area contributed by atoms with Crippen molar-refractivity contribution in [1.29, 1.82) is 0 Å². The Bertz CT molecular complexity index is 777. The number of benzene rings is 1. The third kappa shape index (κ3) is 2.83. The number of nitrogens with zero attached hydrogens (tertiary/aromatic N) is 1. The van der Waals surface area contributed by atoms with Crippen LogP contribution in [0.5, 0.6) is 17.2 Å². The van der Waals surface area contributed by atoms with E-state index < -0.39 is 6.04 Å². The van der Waals surface area contributed by atoms with Gasteiger partial charge in [0.15, 0.2) is 11.5 Å². The summed E-state index contributed by atoms with van der Waals surface area (Å²) in [6.45, 7) is 4.42. The lowest BCUT2D eigenvalue weighted by molar-refractivity contribution is -0.125. The highest BCUT2D eigenvalue weighted by molar-refractivity contribution is 6.01. The second-order valence-corrected chi connectivity index (χ2v) is 5.86. The highest BCUT2D eigenvalue weighted by Gasteiger charge is 2.40. The summed E-state index contributed by atoms with van der Waals surface area (Å²) >= 11 is 0. The summed E-state index contributed by atoms with van der Waals surface area (Å²) < 4.78 is 16.1. The molecule has 2 aliphatic rings. The number of carbonyl (C=O) groups is 2. The molecule has 0 saturated carbocycles. The van der Waals surface area contributed by atoms with Crippen molar-refractivity contribution in [1.82, 2.24) is 15.5 Å². The van der Waals surface area contributed by atoms with E-state index in [1.165, 1.54) is 21.3 Å². The van der Waals surface area contributed by atoms with Crippen LogP contribution in [-0.4, -0.2) is 51.3 Å². The summed E-state index contributed by atoms with van der Waals surface area (Å²) in [4.78, 5) is 26.5. The number of amides is 3. The largest absolute Gasteiger partial charge is 0.493 e. The monoisotopic (exact) mass is 359 g/mol. The molecular formula is C18H21N3O5. The molecule has 0 aliphatic carbocycles. The minimum Gasteiger partial charge on any atom is -0.493 e. The molecule has 3 rings (SSSR count). The molecule has 1 aromatic carbocycles. The van der Waals surface area contributed by atoms with Gasteiger partial charge in [0.1, 0.15) is 0 Å². The van der Waals surface area contributed by atoms with Crippen LogP contribution < -0.4 is 24.8 Å². The molecule has 8 nitrogen and oxygen atoms in total. The third-order valence-electron chi connectivity index (χ3n) is 4.39. The Balaban J connectivity index is 2.07. The number of methoxy groups -OCH3 is 3. The molecule has 1 aromatic rings. The molecule has 8 heteroatoms. The number of ether oxygens (including phenoxy) is 3. The van der Waals surface area contributed by atoms with Gasteiger partial charge in [-0.05, 0) is 17.7 Å². The van der Waals surface area contributed by atoms with E-state index in [9.17, 15) is 9.59 Å². The molecule has 0 radical (unpaired) electrons. The van der Waals surface area contributed by atoms with Gasteiger partial charge >= 0.3 is 6.03 Å². The van der Waals surface area contributed by atoms with E-state index in [-0.39, 0.29) is 11.9 Å². The fourth-order valence-electron chi connectivity index (χ4n) is 3.25. The Morgan fingerprint density at radius 2 is 1.85 bits per heavy atom. The van der Waals surface area contributed by atoms with Gasteiger partial charge in [-0.15, -0.1) is 6.58 Å². The smallest absolute Gasteiger partial charge is 0.319 e. The molecule has 0 spiro atoms. The highest BCUT2D eigenvalue weighted by Crippen LogP contribution is 2.42. The second kappa shape index (κ2) is 6.99. The summed E-state index contributed by atoms with van der Waals surface area (Å²) in [6.07, 6.45) is 1.65. The van der Waals surface area contributed by atoms with Crippen LogP contribution in [0.3, 0.4) is 0 Å². The van der Waals surface area contributed by atoms with Crippen LogP contribution >= 0.6 is 0 Å². The highest BCUT2D eigenvalue weighted by atomic mass is 16.5. The summed E-state index contributed by atoms with van der Waals surface area (Å²) in [6, 6.07) is 2.47. The van der Waals surface area contributed by atoms with Crippen LogP contribution in [0.25, 0.3) is 0 Å². The molecular weight excluding hydrogens is 338 g/mol. The zero-order valence-electron chi connectivity index (χ0n) is 14.9. The topological polar surface area (TPSA) is 89.1 Å². The van der Waals surface area contributed by atoms with E-state index in [2.05, 4.69) is 17.2 Å². The van der Waals surface area contributed by atoms with Crippen molar-refractivity contribution in [3.8, 4) is 17.2 Å². The van der Waals surface area contributed by atoms with Crippen molar-refractivity contribution in [3.63, 3.8) is 0 Å². The fraction of sp³-hybridized carbons (Fsp3) is 0.333. The lowest BCUT2D eigenvalue weighted by atomic mass is 9.95. The Morgan fingerprint density at radius 1 is 1.19 bits per heavy atom. The average molecular weight is 359 g/mol. The zero-order chi connectivity index (χ0) is 18.8. The van der Waals surface area contributed by atoms with Crippen LogP contribution in [0, 0.1) is 0 Å². The second-order valence-electron chi connectivity index (χ2n) is 5.86. The van der Waals surface area contributed by atoms with E-state index in [0.717, 1.165) is 0 Å².